The molecule has 0 aliphatic heterocycles. The number of rotatable bonds is 7. The van der Waals surface area contributed by atoms with Gasteiger partial charge in [-0.1, -0.05) is 12.8 Å². The summed E-state index contributed by atoms with van der Waals surface area (Å²) in [4.78, 5) is 8.71. The summed E-state index contributed by atoms with van der Waals surface area (Å²) in [7, 11) is 4.27. The Morgan fingerprint density at radius 3 is 2.60 bits per heavy atom. The van der Waals surface area contributed by atoms with Crippen LogP contribution in [0.2, 0.25) is 0 Å². The summed E-state index contributed by atoms with van der Waals surface area (Å²) in [5.74, 6) is 0.778. The van der Waals surface area contributed by atoms with Crippen molar-refractivity contribution < 1.29 is 0 Å². The van der Waals surface area contributed by atoms with Crippen LogP contribution in [0.4, 0.5) is 0 Å². The van der Waals surface area contributed by atoms with E-state index < -0.39 is 0 Å². The molecule has 3 nitrogen and oxygen atoms in total. The Bertz CT molecular complexity index is 431. The van der Waals surface area contributed by atoms with Gasteiger partial charge in [-0.05, 0) is 39.8 Å². The molecular formula is C16H27N3S. The van der Waals surface area contributed by atoms with E-state index in [1.807, 2.05) is 11.3 Å². The predicted molar refractivity (Wildman–Crippen MR) is 85.4 cm³/mol. The minimum absolute atomic E-state index is 0.759. The zero-order chi connectivity index (χ0) is 13.9. The second-order valence-electron chi connectivity index (χ2n) is 6.61. The van der Waals surface area contributed by atoms with E-state index in [1.54, 1.807) is 0 Å². The lowest BCUT2D eigenvalue weighted by Crippen LogP contribution is -2.25. The highest BCUT2D eigenvalue weighted by Crippen LogP contribution is 2.42. The molecule has 3 rings (SSSR count). The predicted octanol–water partition coefficient (Wildman–Crippen LogP) is 3.16. The quantitative estimate of drug-likeness (QED) is 0.837. The summed E-state index contributed by atoms with van der Waals surface area (Å²) in [5, 5.41) is 5.10. The Kier molecular flexibility index (Phi) is 4.74. The number of aromatic nitrogens is 1. The lowest BCUT2D eigenvalue weighted by Gasteiger charge is -2.11. The van der Waals surface area contributed by atoms with E-state index in [0.29, 0.717) is 0 Å². The molecule has 0 saturated heterocycles. The highest BCUT2D eigenvalue weighted by molar-refractivity contribution is 7.11. The molecule has 0 aromatic carbocycles. The molecule has 1 heterocycles. The number of thiazole rings is 1. The maximum atomic E-state index is 4.94. The highest BCUT2D eigenvalue weighted by atomic mass is 32.1. The van der Waals surface area contributed by atoms with Gasteiger partial charge in [0, 0.05) is 36.3 Å². The second kappa shape index (κ2) is 6.54. The molecule has 0 bridgehead atoms. The van der Waals surface area contributed by atoms with Gasteiger partial charge in [0.25, 0.3) is 0 Å². The molecule has 2 saturated carbocycles. The number of hydrogen-bond acceptors (Lipinski definition) is 4. The minimum atomic E-state index is 0.759. The largest absolute Gasteiger partial charge is 0.309 e. The van der Waals surface area contributed by atoms with Crippen molar-refractivity contribution in [2.75, 3.05) is 20.6 Å². The number of likely N-dealkylation sites (N-methyl/N-ethyl adjacent to an activating group) is 1. The van der Waals surface area contributed by atoms with Gasteiger partial charge in [-0.3, -0.25) is 0 Å². The van der Waals surface area contributed by atoms with E-state index >= 15 is 0 Å². The summed E-state index contributed by atoms with van der Waals surface area (Å²) >= 11 is 1.95. The smallest absolute Gasteiger partial charge is 0.0944 e. The lowest BCUT2D eigenvalue weighted by molar-refractivity contribution is 0.413. The third-order valence-electron chi connectivity index (χ3n) is 4.42. The zero-order valence-electron chi connectivity index (χ0n) is 12.8. The normalized spacial score (nSPS) is 20.1. The first kappa shape index (κ1) is 14.5. The van der Waals surface area contributed by atoms with Gasteiger partial charge in [-0.2, -0.15) is 0 Å². The third kappa shape index (κ3) is 3.80. The molecule has 1 aromatic heterocycles. The molecule has 0 radical (unpaired) electrons. The van der Waals surface area contributed by atoms with Gasteiger partial charge in [0.15, 0.2) is 0 Å². The molecule has 2 aliphatic rings. The molecule has 1 aromatic rings. The van der Waals surface area contributed by atoms with Gasteiger partial charge in [0.1, 0.15) is 0 Å². The van der Waals surface area contributed by atoms with Crippen molar-refractivity contribution in [2.24, 2.45) is 0 Å². The average Bonchev–Trinajstić information content (AvgIpc) is 2.99. The SMILES string of the molecule is CN(C)CCc1nc(C2CC2)c(CNC2CCCC2)s1. The Morgan fingerprint density at radius 2 is 1.95 bits per heavy atom. The van der Waals surface area contributed by atoms with Crippen molar-refractivity contribution in [3.63, 3.8) is 0 Å². The first-order valence-electron chi connectivity index (χ1n) is 8.09. The summed E-state index contributed by atoms with van der Waals surface area (Å²) in [5.41, 5.74) is 1.43. The summed E-state index contributed by atoms with van der Waals surface area (Å²) in [6.07, 6.45) is 9.35. The number of nitrogens with zero attached hydrogens (tertiary/aromatic N) is 2. The van der Waals surface area contributed by atoms with Crippen LogP contribution < -0.4 is 5.32 Å². The number of nitrogens with one attached hydrogen (secondary N) is 1. The Balaban J connectivity index is 1.61. The highest BCUT2D eigenvalue weighted by Gasteiger charge is 2.29. The molecule has 0 unspecified atom stereocenters. The zero-order valence-corrected chi connectivity index (χ0v) is 13.6. The van der Waals surface area contributed by atoms with Gasteiger partial charge < -0.3 is 10.2 Å². The van der Waals surface area contributed by atoms with Crippen LogP contribution in [0, 0.1) is 0 Å². The van der Waals surface area contributed by atoms with Crippen LogP contribution in [0.5, 0.6) is 0 Å². The minimum Gasteiger partial charge on any atom is -0.309 e. The number of hydrogen-bond donors (Lipinski definition) is 1. The molecule has 20 heavy (non-hydrogen) atoms. The van der Waals surface area contributed by atoms with Crippen LogP contribution >= 0.6 is 11.3 Å². The van der Waals surface area contributed by atoms with Gasteiger partial charge in [0.2, 0.25) is 0 Å². The molecule has 0 spiro atoms. The van der Waals surface area contributed by atoms with E-state index in [-0.39, 0.29) is 0 Å². The molecule has 0 amide bonds. The van der Waals surface area contributed by atoms with Crippen molar-refractivity contribution in [1.29, 1.82) is 0 Å². The Hall–Kier alpha value is -0.450. The van der Waals surface area contributed by atoms with Crippen LogP contribution in [0.25, 0.3) is 0 Å². The van der Waals surface area contributed by atoms with E-state index in [0.717, 1.165) is 31.5 Å². The fourth-order valence-corrected chi connectivity index (χ4v) is 4.10. The molecule has 4 heteroatoms. The molecule has 2 fully saturated rings. The molecule has 2 aliphatic carbocycles. The summed E-state index contributed by atoms with van der Waals surface area (Å²) in [6, 6.07) is 0.759. The summed E-state index contributed by atoms with van der Waals surface area (Å²) < 4.78 is 0. The lowest BCUT2D eigenvalue weighted by atomic mass is 10.2. The Morgan fingerprint density at radius 1 is 1.20 bits per heavy atom. The average molecular weight is 293 g/mol. The fraction of sp³-hybridized carbons (Fsp3) is 0.812. The van der Waals surface area contributed by atoms with Gasteiger partial charge in [0.05, 0.1) is 10.7 Å². The maximum absolute atomic E-state index is 4.94. The van der Waals surface area contributed by atoms with Crippen molar-refractivity contribution >= 4 is 11.3 Å². The van der Waals surface area contributed by atoms with Crippen LogP contribution in [-0.4, -0.2) is 36.6 Å². The van der Waals surface area contributed by atoms with Crippen LogP contribution in [-0.2, 0) is 13.0 Å². The molecular weight excluding hydrogens is 266 g/mol. The maximum Gasteiger partial charge on any atom is 0.0944 e. The van der Waals surface area contributed by atoms with Crippen LogP contribution in [0.1, 0.15) is 60.0 Å². The van der Waals surface area contributed by atoms with Crippen LogP contribution in [0.3, 0.4) is 0 Å². The van der Waals surface area contributed by atoms with Crippen LogP contribution in [0.15, 0.2) is 0 Å². The van der Waals surface area contributed by atoms with E-state index in [1.165, 1.54) is 54.1 Å². The van der Waals surface area contributed by atoms with Gasteiger partial charge >= 0.3 is 0 Å². The van der Waals surface area contributed by atoms with Gasteiger partial charge in [-0.25, -0.2) is 4.98 Å². The Labute approximate surface area is 126 Å². The molecule has 112 valence electrons. The molecule has 0 atom stereocenters. The van der Waals surface area contributed by atoms with Crippen molar-refractivity contribution in [3.05, 3.63) is 15.6 Å². The third-order valence-corrected chi connectivity index (χ3v) is 5.55. The van der Waals surface area contributed by atoms with E-state index in [4.69, 9.17) is 4.98 Å². The monoisotopic (exact) mass is 293 g/mol. The van der Waals surface area contributed by atoms with Crippen molar-refractivity contribution in [1.82, 2.24) is 15.2 Å². The van der Waals surface area contributed by atoms with Crippen molar-refractivity contribution in [3.8, 4) is 0 Å². The van der Waals surface area contributed by atoms with Gasteiger partial charge in [-0.15, -0.1) is 11.3 Å². The van der Waals surface area contributed by atoms with E-state index in [2.05, 4.69) is 24.3 Å². The topological polar surface area (TPSA) is 28.2 Å². The fourth-order valence-electron chi connectivity index (χ4n) is 3.01. The second-order valence-corrected chi connectivity index (χ2v) is 7.77. The first-order valence-corrected chi connectivity index (χ1v) is 8.90. The standard InChI is InChI=1S/C16H27N3S/c1-19(2)10-9-15-18-16(12-7-8-12)14(20-15)11-17-13-5-3-4-6-13/h12-13,17H,3-11H2,1-2H3. The van der Waals surface area contributed by atoms with Crippen molar-refractivity contribution in [2.45, 2.75) is 63.5 Å². The summed E-state index contributed by atoms with van der Waals surface area (Å²) in [6.45, 7) is 2.16. The first-order chi connectivity index (χ1) is 9.72. The molecule has 1 N–H and O–H groups in total. The van der Waals surface area contributed by atoms with E-state index in [9.17, 15) is 0 Å².